The van der Waals surface area contributed by atoms with Crippen LogP contribution in [0.1, 0.15) is 84.0 Å². The summed E-state index contributed by atoms with van der Waals surface area (Å²) in [6, 6.07) is 0. The fourth-order valence-corrected chi connectivity index (χ4v) is 3.06. The smallest absolute Gasteiger partial charge is 0.219 e. The first kappa shape index (κ1) is 18.5. The van der Waals surface area contributed by atoms with E-state index >= 15 is 0 Å². The van der Waals surface area contributed by atoms with Gasteiger partial charge in [-0.05, 0) is 38.3 Å². The van der Waals surface area contributed by atoms with Crippen molar-refractivity contribution in [3.8, 4) is 0 Å². The molecule has 0 aromatic rings. The van der Waals surface area contributed by atoms with Gasteiger partial charge in [-0.2, -0.15) is 0 Å². The number of hydrogen-bond acceptors (Lipinski definition) is 2. The predicted molar refractivity (Wildman–Crippen MR) is 90.4 cm³/mol. The van der Waals surface area contributed by atoms with Crippen LogP contribution in [0, 0.1) is 5.92 Å². The molecule has 1 rings (SSSR count). The lowest BCUT2D eigenvalue weighted by atomic mass is 10.0. The van der Waals surface area contributed by atoms with E-state index < -0.39 is 0 Å². The van der Waals surface area contributed by atoms with Gasteiger partial charge in [0, 0.05) is 13.0 Å². The van der Waals surface area contributed by atoms with Crippen LogP contribution in [0.15, 0.2) is 0 Å². The van der Waals surface area contributed by atoms with Crippen LogP contribution in [-0.4, -0.2) is 25.5 Å². The van der Waals surface area contributed by atoms with Crippen LogP contribution in [0.2, 0.25) is 0 Å². The molecule has 1 aliphatic heterocycles. The highest BCUT2D eigenvalue weighted by molar-refractivity contribution is 5.75. The van der Waals surface area contributed by atoms with E-state index in [-0.39, 0.29) is 5.91 Å². The summed E-state index contributed by atoms with van der Waals surface area (Å²) >= 11 is 0. The topological polar surface area (TPSA) is 41.1 Å². The zero-order valence-corrected chi connectivity index (χ0v) is 14.1. The molecule has 1 unspecified atom stereocenters. The Labute approximate surface area is 131 Å². The van der Waals surface area contributed by atoms with E-state index in [1.54, 1.807) is 0 Å². The molecule has 1 amide bonds. The molecule has 1 saturated heterocycles. The summed E-state index contributed by atoms with van der Waals surface area (Å²) in [5, 5.41) is 6.44. The van der Waals surface area contributed by atoms with E-state index in [9.17, 15) is 4.79 Å². The lowest BCUT2D eigenvalue weighted by molar-refractivity contribution is -0.121. The third-order valence-electron chi connectivity index (χ3n) is 4.54. The molecule has 0 aromatic heterocycles. The van der Waals surface area contributed by atoms with Crippen LogP contribution < -0.4 is 10.6 Å². The maximum atomic E-state index is 11.7. The highest BCUT2D eigenvalue weighted by Crippen LogP contribution is 2.12. The second kappa shape index (κ2) is 13.1. The summed E-state index contributed by atoms with van der Waals surface area (Å²) in [7, 11) is 0. The summed E-state index contributed by atoms with van der Waals surface area (Å²) in [6.45, 7) is 5.41. The molecule has 3 heteroatoms. The zero-order chi connectivity index (χ0) is 15.2. The van der Waals surface area contributed by atoms with E-state index in [1.165, 1.54) is 57.8 Å². The van der Waals surface area contributed by atoms with Gasteiger partial charge in [0.1, 0.15) is 0 Å². The molecule has 2 N–H and O–H groups in total. The van der Waals surface area contributed by atoms with E-state index in [0.29, 0.717) is 0 Å². The number of carbonyl (C=O) groups is 1. The van der Waals surface area contributed by atoms with E-state index in [0.717, 1.165) is 44.8 Å². The van der Waals surface area contributed by atoms with E-state index in [4.69, 9.17) is 0 Å². The Morgan fingerprint density at radius 2 is 1.71 bits per heavy atom. The minimum absolute atomic E-state index is 0.254. The third-order valence-corrected chi connectivity index (χ3v) is 4.54. The van der Waals surface area contributed by atoms with Crippen molar-refractivity contribution in [3.05, 3.63) is 0 Å². The number of carbonyl (C=O) groups excluding carboxylic acids is 1. The number of amides is 1. The van der Waals surface area contributed by atoms with Crippen LogP contribution in [0.5, 0.6) is 0 Å². The van der Waals surface area contributed by atoms with Crippen molar-refractivity contribution in [2.45, 2.75) is 84.0 Å². The van der Waals surface area contributed by atoms with Gasteiger partial charge in [-0.3, -0.25) is 4.79 Å². The van der Waals surface area contributed by atoms with Crippen molar-refractivity contribution in [2.75, 3.05) is 19.6 Å². The second-order valence-corrected chi connectivity index (χ2v) is 6.58. The fourth-order valence-electron chi connectivity index (χ4n) is 3.06. The average molecular weight is 296 g/mol. The Bertz CT molecular complexity index is 250. The average Bonchev–Trinajstić information content (AvgIpc) is 2.99. The van der Waals surface area contributed by atoms with Gasteiger partial charge in [-0.15, -0.1) is 0 Å². The van der Waals surface area contributed by atoms with Gasteiger partial charge in [0.25, 0.3) is 0 Å². The van der Waals surface area contributed by atoms with Crippen LogP contribution in [0.4, 0.5) is 0 Å². The second-order valence-electron chi connectivity index (χ2n) is 6.58. The molecule has 3 nitrogen and oxygen atoms in total. The Morgan fingerprint density at radius 3 is 2.33 bits per heavy atom. The predicted octanol–water partition coefficient (Wildman–Crippen LogP) is 4.02. The lowest BCUT2D eigenvalue weighted by Gasteiger charge is -2.09. The summed E-state index contributed by atoms with van der Waals surface area (Å²) < 4.78 is 0. The van der Waals surface area contributed by atoms with Crippen LogP contribution in [-0.2, 0) is 4.79 Å². The summed E-state index contributed by atoms with van der Waals surface area (Å²) in [5.74, 6) is 1.03. The van der Waals surface area contributed by atoms with Gasteiger partial charge in [0.05, 0.1) is 0 Å². The molecule has 0 bridgehead atoms. The highest BCUT2D eigenvalue weighted by Gasteiger charge is 2.13. The molecule has 1 heterocycles. The molecule has 0 saturated carbocycles. The minimum atomic E-state index is 0.254. The van der Waals surface area contributed by atoms with Gasteiger partial charge >= 0.3 is 0 Å². The molecule has 0 radical (unpaired) electrons. The summed E-state index contributed by atoms with van der Waals surface area (Å²) in [4.78, 5) is 11.7. The maximum Gasteiger partial charge on any atom is 0.219 e. The quantitative estimate of drug-likeness (QED) is 0.504. The zero-order valence-electron chi connectivity index (χ0n) is 14.1. The standard InChI is InChI=1S/C18H36N2O/c1-2-3-4-5-6-7-8-9-10-11-18(21)20-15-13-17-12-14-19-16-17/h17,19H,2-16H2,1H3,(H,20,21). The van der Waals surface area contributed by atoms with Gasteiger partial charge in [0.2, 0.25) is 5.91 Å². The largest absolute Gasteiger partial charge is 0.356 e. The Morgan fingerprint density at radius 1 is 1.05 bits per heavy atom. The fraction of sp³-hybridized carbons (Fsp3) is 0.944. The van der Waals surface area contributed by atoms with Crippen LogP contribution in [0.3, 0.4) is 0 Å². The highest BCUT2D eigenvalue weighted by atomic mass is 16.1. The molecule has 21 heavy (non-hydrogen) atoms. The third kappa shape index (κ3) is 10.8. The first-order chi connectivity index (χ1) is 10.3. The normalized spacial score (nSPS) is 18.0. The number of nitrogens with one attached hydrogen (secondary N) is 2. The molecule has 0 aromatic carbocycles. The maximum absolute atomic E-state index is 11.7. The molecule has 0 aliphatic carbocycles. The molecule has 1 atom stereocenters. The van der Waals surface area contributed by atoms with Crippen molar-refractivity contribution in [2.24, 2.45) is 5.92 Å². The SMILES string of the molecule is CCCCCCCCCCCC(=O)NCCC1CCNC1. The molecular formula is C18H36N2O. The Balaban J connectivity index is 1.78. The number of hydrogen-bond donors (Lipinski definition) is 2. The number of unbranched alkanes of at least 4 members (excludes halogenated alkanes) is 8. The molecule has 1 aliphatic rings. The van der Waals surface area contributed by atoms with Gasteiger partial charge in [0.15, 0.2) is 0 Å². The lowest BCUT2D eigenvalue weighted by Crippen LogP contribution is -2.26. The first-order valence-corrected chi connectivity index (χ1v) is 9.30. The first-order valence-electron chi connectivity index (χ1n) is 9.30. The van der Waals surface area contributed by atoms with Crippen LogP contribution >= 0.6 is 0 Å². The Kier molecular flexibility index (Phi) is 11.5. The molecule has 0 spiro atoms. The van der Waals surface area contributed by atoms with Crippen molar-refractivity contribution >= 4 is 5.91 Å². The van der Waals surface area contributed by atoms with E-state index in [1.807, 2.05) is 0 Å². The van der Waals surface area contributed by atoms with Crippen molar-refractivity contribution in [1.29, 1.82) is 0 Å². The van der Waals surface area contributed by atoms with Gasteiger partial charge < -0.3 is 10.6 Å². The van der Waals surface area contributed by atoms with Crippen LogP contribution in [0.25, 0.3) is 0 Å². The van der Waals surface area contributed by atoms with Crippen molar-refractivity contribution < 1.29 is 4.79 Å². The Hall–Kier alpha value is -0.570. The summed E-state index contributed by atoms with van der Waals surface area (Å²) in [5.41, 5.74) is 0. The minimum Gasteiger partial charge on any atom is -0.356 e. The van der Waals surface area contributed by atoms with Gasteiger partial charge in [-0.25, -0.2) is 0 Å². The van der Waals surface area contributed by atoms with Gasteiger partial charge in [-0.1, -0.05) is 58.3 Å². The molecule has 124 valence electrons. The van der Waals surface area contributed by atoms with Crippen molar-refractivity contribution in [3.63, 3.8) is 0 Å². The molecule has 1 fully saturated rings. The summed E-state index contributed by atoms with van der Waals surface area (Å²) in [6.07, 6.45) is 14.9. The number of rotatable bonds is 13. The van der Waals surface area contributed by atoms with E-state index in [2.05, 4.69) is 17.6 Å². The monoisotopic (exact) mass is 296 g/mol. The molecular weight excluding hydrogens is 260 g/mol. The van der Waals surface area contributed by atoms with Crippen molar-refractivity contribution in [1.82, 2.24) is 10.6 Å².